The van der Waals surface area contributed by atoms with Gasteiger partial charge in [-0.1, -0.05) is 38.3 Å². The largest absolute Gasteiger partial charge is 0.241 e. The van der Waals surface area contributed by atoms with Gasteiger partial charge in [0.1, 0.15) is 0 Å². The minimum atomic E-state index is 0.880. The van der Waals surface area contributed by atoms with Crippen molar-refractivity contribution in [1.82, 2.24) is 4.98 Å². The first-order valence-electron chi connectivity index (χ1n) is 6.82. The van der Waals surface area contributed by atoms with Crippen molar-refractivity contribution in [2.45, 2.75) is 45.4 Å². The van der Waals surface area contributed by atoms with Gasteiger partial charge in [-0.15, -0.1) is 17.9 Å². The number of thiazole rings is 1. The highest BCUT2D eigenvalue weighted by molar-refractivity contribution is 7.18. The van der Waals surface area contributed by atoms with Gasteiger partial charge in [-0.05, 0) is 30.5 Å². The molecule has 0 aliphatic heterocycles. The van der Waals surface area contributed by atoms with Gasteiger partial charge in [0.05, 0.1) is 15.2 Å². The highest BCUT2D eigenvalue weighted by Crippen LogP contribution is 2.24. The summed E-state index contributed by atoms with van der Waals surface area (Å²) in [4.78, 5) is 4.65. The third-order valence-corrected chi connectivity index (χ3v) is 4.19. The molecule has 1 aromatic heterocycles. The fraction of sp³-hybridized carbons (Fsp3) is 0.438. The summed E-state index contributed by atoms with van der Waals surface area (Å²) in [5.74, 6) is 0. The zero-order valence-corrected chi connectivity index (χ0v) is 11.9. The Kier molecular flexibility index (Phi) is 4.94. The average molecular weight is 259 g/mol. The standard InChI is InChI=1S/C16H21NS/c1-3-5-6-7-9-13-10-11-15-14(12-13)17-16(18-15)8-4-2/h4,10-12H,2-3,5-9H2,1H3. The van der Waals surface area contributed by atoms with Crippen LogP contribution in [-0.4, -0.2) is 4.98 Å². The summed E-state index contributed by atoms with van der Waals surface area (Å²) in [6.45, 7) is 6.02. The molecule has 2 heteroatoms. The van der Waals surface area contributed by atoms with Gasteiger partial charge in [-0.25, -0.2) is 4.98 Å². The fourth-order valence-corrected chi connectivity index (χ4v) is 3.09. The monoisotopic (exact) mass is 259 g/mol. The maximum Gasteiger partial charge on any atom is 0.0976 e. The molecule has 18 heavy (non-hydrogen) atoms. The van der Waals surface area contributed by atoms with Gasteiger partial charge >= 0.3 is 0 Å². The maximum absolute atomic E-state index is 4.65. The number of nitrogens with zero attached hydrogens (tertiary/aromatic N) is 1. The number of aryl methyl sites for hydroxylation is 1. The number of fused-ring (bicyclic) bond motifs is 1. The molecule has 0 atom stereocenters. The zero-order chi connectivity index (χ0) is 12.8. The van der Waals surface area contributed by atoms with Crippen molar-refractivity contribution in [3.63, 3.8) is 0 Å². The van der Waals surface area contributed by atoms with Crippen LogP contribution in [0.4, 0.5) is 0 Å². The predicted molar refractivity (Wildman–Crippen MR) is 81.4 cm³/mol. The first kappa shape index (κ1) is 13.3. The van der Waals surface area contributed by atoms with Crippen molar-refractivity contribution in [3.05, 3.63) is 41.4 Å². The lowest BCUT2D eigenvalue weighted by atomic mass is 10.1. The molecule has 0 aliphatic rings. The van der Waals surface area contributed by atoms with E-state index in [0.717, 1.165) is 11.9 Å². The van der Waals surface area contributed by atoms with Crippen LogP contribution in [0.5, 0.6) is 0 Å². The van der Waals surface area contributed by atoms with E-state index in [4.69, 9.17) is 0 Å². The van der Waals surface area contributed by atoms with Crippen LogP contribution in [0.3, 0.4) is 0 Å². The predicted octanol–water partition coefficient (Wildman–Crippen LogP) is 5.15. The molecular weight excluding hydrogens is 238 g/mol. The number of hydrogen-bond donors (Lipinski definition) is 0. The maximum atomic E-state index is 4.65. The van der Waals surface area contributed by atoms with E-state index in [-0.39, 0.29) is 0 Å². The summed E-state index contributed by atoms with van der Waals surface area (Å²) in [6.07, 6.45) is 9.27. The summed E-state index contributed by atoms with van der Waals surface area (Å²) in [7, 11) is 0. The van der Waals surface area contributed by atoms with Gasteiger partial charge < -0.3 is 0 Å². The van der Waals surface area contributed by atoms with Gasteiger partial charge in [-0.3, -0.25) is 0 Å². The normalized spacial score (nSPS) is 10.9. The van der Waals surface area contributed by atoms with E-state index in [1.807, 2.05) is 6.08 Å². The van der Waals surface area contributed by atoms with Crippen LogP contribution in [0.15, 0.2) is 30.9 Å². The molecule has 2 aromatic rings. The molecule has 0 fully saturated rings. The minimum Gasteiger partial charge on any atom is -0.241 e. The molecule has 0 radical (unpaired) electrons. The Hall–Kier alpha value is -1.15. The zero-order valence-electron chi connectivity index (χ0n) is 11.1. The van der Waals surface area contributed by atoms with Crippen LogP contribution in [0.2, 0.25) is 0 Å². The molecule has 1 heterocycles. The van der Waals surface area contributed by atoms with Crippen LogP contribution in [0.1, 0.15) is 43.2 Å². The Labute approximate surface area is 114 Å². The lowest BCUT2D eigenvalue weighted by Gasteiger charge is -2.00. The topological polar surface area (TPSA) is 12.9 Å². The molecule has 1 aromatic carbocycles. The Balaban J connectivity index is 2.04. The molecule has 0 aliphatic carbocycles. The lowest BCUT2D eigenvalue weighted by Crippen LogP contribution is -1.85. The third-order valence-electron chi connectivity index (χ3n) is 3.13. The summed E-state index contributed by atoms with van der Waals surface area (Å²) >= 11 is 1.78. The molecule has 2 rings (SSSR count). The van der Waals surface area contributed by atoms with Crippen LogP contribution in [0, 0.1) is 0 Å². The first-order valence-corrected chi connectivity index (χ1v) is 7.64. The van der Waals surface area contributed by atoms with Crippen LogP contribution in [0.25, 0.3) is 10.2 Å². The molecule has 0 bridgehead atoms. The van der Waals surface area contributed by atoms with E-state index in [1.54, 1.807) is 11.3 Å². The summed E-state index contributed by atoms with van der Waals surface area (Å²) in [6, 6.07) is 6.73. The molecule has 0 saturated carbocycles. The fourth-order valence-electron chi connectivity index (χ4n) is 2.14. The van der Waals surface area contributed by atoms with E-state index < -0.39 is 0 Å². The highest BCUT2D eigenvalue weighted by Gasteiger charge is 2.03. The summed E-state index contributed by atoms with van der Waals surface area (Å²) in [5, 5.41) is 1.17. The Morgan fingerprint density at radius 1 is 1.28 bits per heavy atom. The Bertz CT molecular complexity index is 513. The first-order chi connectivity index (χ1) is 8.83. The van der Waals surface area contributed by atoms with Crippen LogP contribution >= 0.6 is 11.3 Å². The van der Waals surface area contributed by atoms with E-state index in [2.05, 4.69) is 36.7 Å². The number of aromatic nitrogens is 1. The van der Waals surface area contributed by atoms with Crippen LogP contribution < -0.4 is 0 Å². The van der Waals surface area contributed by atoms with Gasteiger partial charge in [0.15, 0.2) is 0 Å². The molecular formula is C16H21NS. The second-order valence-corrected chi connectivity index (χ2v) is 5.83. The number of hydrogen-bond acceptors (Lipinski definition) is 2. The molecule has 0 N–H and O–H groups in total. The van der Waals surface area contributed by atoms with Crippen molar-refractivity contribution in [3.8, 4) is 0 Å². The molecule has 1 nitrogen and oxygen atoms in total. The second kappa shape index (κ2) is 6.69. The van der Waals surface area contributed by atoms with E-state index in [9.17, 15) is 0 Å². The van der Waals surface area contributed by atoms with Gasteiger partial charge in [0, 0.05) is 6.42 Å². The summed E-state index contributed by atoms with van der Waals surface area (Å²) in [5.41, 5.74) is 2.58. The van der Waals surface area contributed by atoms with Crippen molar-refractivity contribution in [2.75, 3.05) is 0 Å². The number of rotatable bonds is 7. The van der Waals surface area contributed by atoms with Gasteiger partial charge in [0.25, 0.3) is 0 Å². The highest BCUT2D eigenvalue weighted by atomic mass is 32.1. The number of allylic oxidation sites excluding steroid dienone is 1. The Morgan fingerprint density at radius 3 is 2.94 bits per heavy atom. The molecule has 0 amide bonds. The number of benzene rings is 1. The van der Waals surface area contributed by atoms with E-state index >= 15 is 0 Å². The average Bonchev–Trinajstić information content (AvgIpc) is 2.76. The van der Waals surface area contributed by atoms with Crippen LogP contribution in [-0.2, 0) is 12.8 Å². The van der Waals surface area contributed by atoms with Crippen molar-refractivity contribution in [1.29, 1.82) is 0 Å². The third kappa shape index (κ3) is 3.42. The molecule has 96 valence electrons. The van der Waals surface area contributed by atoms with Crippen molar-refractivity contribution in [2.24, 2.45) is 0 Å². The smallest absolute Gasteiger partial charge is 0.0976 e. The van der Waals surface area contributed by atoms with Crippen molar-refractivity contribution >= 4 is 21.6 Å². The second-order valence-electron chi connectivity index (χ2n) is 4.71. The quantitative estimate of drug-likeness (QED) is 0.495. The van der Waals surface area contributed by atoms with E-state index in [1.165, 1.54) is 47.4 Å². The SMILES string of the molecule is C=CCc1nc2cc(CCCCCC)ccc2s1. The summed E-state index contributed by atoms with van der Waals surface area (Å²) < 4.78 is 1.30. The minimum absolute atomic E-state index is 0.880. The van der Waals surface area contributed by atoms with Gasteiger partial charge in [-0.2, -0.15) is 0 Å². The lowest BCUT2D eigenvalue weighted by molar-refractivity contribution is 0.667. The van der Waals surface area contributed by atoms with E-state index in [0.29, 0.717) is 0 Å². The Morgan fingerprint density at radius 2 is 2.17 bits per heavy atom. The number of unbranched alkanes of at least 4 members (excludes halogenated alkanes) is 3. The molecule has 0 unspecified atom stereocenters. The molecule has 0 spiro atoms. The van der Waals surface area contributed by atoms with Crippen molar-refractivity contribution < 1.29 is 0 Å². The molecule has 0 saturated heterocycles. The van der Waals surface area contributed by atoms with Gasteiger partial charge in [0.2, 0.25) is 0 Å².